The molecular weight excluding hydrogens is 199 g/mol. The van der Waals surface area contributed by atoms with Crippen LogP contribution in [0.3, 0.4) is 0 Å². The van der Waals surface area contributed by atoms with Gasteiger partial charge >= 0.3 is 0 Å². The van der Waals surface area contributed by atoms with Crippen LogP contribution in [0.5, 0.6) is 0 Å². The molecule has 0 unspecified atom stereocenters. The first kappa shape index (κ1) is 11.0. The van der Waals surface area contributed by atoms with Crippen LogP contribution in [0.1, 0.15) is 11.1 Å². The van der Waals surface area contributed by atoms with Crippen molar-refractivity contribution >= 4 is 11.8 Å². The Kier molecular flexibility index (Phi) is 4.44. The second kappa shape index (κ2) is 5.63. The molecule has 1 aromatic carbocycles. The van der Waals surface area contributed by atoms with E-state index in [-0.39, 0.29) is 5.82 Å². The SMILES string of the molecule is N#Cc1ccc(CSCCN)c(F)c1. The Balaban J connectivity index is 2.65. The molecule has 1 rings (SSSR count). The van der Waals surface area contributed by atoms with E-state index in [1.807, 2.05) is 6.07 Å². The Bertz CT molecular complexity index is 346. The standard InChI is InChI=1S/C10H11FN2S/c11-10-5-8(6-13)1-2-9(10)7-14-4-3-12/h1-2,5H,3-4,7,12H2. The highest BCUT2D eigenvalue weighted by Crippen LogP contribution is 2.16. The van der Waals surface area contributed by atoms with Gasteiger partial charge in [-0.15, -0.1) is 0 Å². The molecule has 0 bridgehead atoms. The van der Waals surface area contributed by atoms with Crippen molar-refractivity contribution < 1.29 is 4.39 Å². The fraction of sp³-hybridized carbons (Fsp3) is 0.300. The Labute approximate surface area is 86.9 Å². The van der Waals surface area contributed by atoms with E-state index in [1.54, 1.807) is 23.9 Å². The van der Waals surface area contributed by atoms with Gasteiger partial charge in [0, 0.05) is 18.1 Å². The smallest absolute Gasteiger partial charge is 0.128 e. The van der Waals surface area contributed by atoms with E-state index in [0.717, 1.165) is 5.75 Å². The molecule has 74 valence electrons. The maximum atomic E-state index is 13.3. The third kappa shape index (κ3) is 3.02. The highest BCUT2D eigenvalue weighted by molar-refractivity contribution is 7.98. The van der Waals surface area contributed by atoms with Gasteiger partial charge in [-0.05, 0) is 17.7 Å². The summed E-state index contributed by atoms with van der Waals surface area (Å²) in [7, 11) is 0. The highest BCUT2D eigenvalue weighted by atomic mass is 32.2. The van der Waals surface area contributed by atoms with Crippen molar-refractivity contribution in [2.45, 2.75) is 5.75 Å². The first-order valence-corrected chi connectivity index (χ1v) is 5.39. The Hall–Kier alpha value is -1.05. The fourth-order valence-corrected chi connectivity index (χ4v) is 1.76. The van der Waals surface area contributed by atoms with Gasteiger partial charge in [-0.25, -0.2) is 4.39 Å². The molecule has 2 nitrogen and oxygen atoms in total. The van der Waals surface area contributed by atoms with Crippen LogP contribution in [0.2, 0.25) is 0 Å². The number of nitriles is 1. The molecule has 0 atom stereocenters. The second-order valence-electron chi connectivity index (χ2n) is 2.76. The number of benzene rings is 1. The lowest BCUT2D eigenvalue weighted by Gasteiger charge is -2.02. The molecule has 1 aromatic rings. The molecule has 0 saturated heterocycles. The molecule has 0 spiro atoms. The summed E-state index contributed by atoms with van der Waals surface area (Å²) < 4.78 is 13.3. The van der Waals surface area contributed by atoms with Crippen molar-refractivity contribution in [1.29, 1.82) is 5.26 Å². The summed E-state index contributed by atoms with van der Waals surface area (Å²) in [6.45, 7) is 0.600. The predicted octanol–water partition coefficient (Wildman–Crippen LogP) is 1.89. The topological polar surface area (TPSA) is 49.8 Å². The van der Waals surface area contributed by atoms with Crippen molar-refractivity contribution in [2.75, 3.05) is 12.3 Å². The zero-order valence-corrected chi connectivity index (χ0v) is 8.48. The largest absolute Gasteiger partial charge is 0.330 e. The van der Waals surface area contributed by atoms with Gasteiger partial charge in [-0.3, -0.25) is 0 Å². The fourth-order valence-electron chi connectivity index (χ4n) is 0.999. The van der Waals surface area contributed by atoms with Crippen LogP contribution < -0.4 is 5.73 Å². The quantitative estimate of drug-likeness (QED) is 0.772. The van der Waals surface area contributed by atoms with Crippen LogP contribution >= 0.6 is 11.8 Å². The second-order valence-corrected chi connectivity index (χ2v) is 3.86. The number of thioether (sulfide) groups is 1. The lowest BCUT2D eigenvalue weighted by molar-refractivity contribution is 0.617. The summed E-state index contributed by atoms with van der Waals surface area (Å²) in [5, 5.41) is 8.53. The summed E-state index contributed by atoms with van der Waals surface area (Å²) in [6.07, 6.45) is 0. The molecule has 2 N–H and O–H groups in total. The van der Waals surface area contributed by atoms with Gasteiger partial charge in [-0.1, -0.05) is 6.07 Å². The van der Waals surface area contributed by atoms with Gasteiger partial charge in [0.15, 0.2) is 0 Å². The average molecular weight is 210 g/mol. The average Bonchev–Trinajstić information content (AvgIpc) is 2.20. The Morgan fingerprint density at radius 2 is 2.29 bits per heavy atom. The molecule has 4 heteroatoms. The van der Waals surface area contributed by atoms with E-state index in [4.69, 9.17) is 11.0 Å². The van der Waals surface area contributed by atoms with Crippen LogP contribution in [0, 0.1) is 17.1 Å². The predicted molar refractivity (Wildman–Crippen MR) is 56.3 cm³/mol. The summed E-state index contributed by atoms with van der Waals surface area (Å²) in [5.74, 6) is 1.11. The van der Waals surface area contributed by atoms with Crippen LogP contribution in [0.15, 0.2) is 18.2 Å². The normalized spacial score (nSPS) is 9.79. The van der Waals surface area contributed by atoms with Gasteiger partial charge < -0.3 is 5.73 Å². The summed E-state index contributed by atoms with van der Waals surface area (Å²) >= 11 is 1.59. The molecule has 0 saturated carbocycles. The van der Waals surface area contributed by atoms with Gasteiger partial charge in [0.25, 0.3) is 0 Å². The van der Waals surface area contributed by atoms with Crippen LogP contribution in [0.25, 0.3) is 0 Å². The van der Waals surface area contributed by atoms with Crippen molar-refractivity contribution in [3.05, 3.63) is 35.1 Å². The third-order valence-corrected chi connectivity index (χ3v) is 2.74. The van der Waals surface area contributed by atoms with Crippen molar-refractivity contribution in [2.24, 2.45) is 5.73 Å². The first-order valence-electron chi connectivity index (χ1n) is 4.24. The molecule has 0 aliphatic carbocycles. The summed E-state index contributed by atoms with van der Waals surface area (Å²) in [6, 6.07) is 6.43. The van der Waals surface area contributed by atoms with Gasteiger partial charge in [0.05, 0.1) is 11.6 Å². The molecule has 0 amide bonds. The number of hydrogen-bond acceptors (Lipinski definition) is 3. The number of nitrogens with zero attached hydrogens (tertiary/aromatic N) is 1. The van der Waals surface area contributed by atoms with Crippen molar-refractivity contribution in [1.82, 2.24) is 0 Å². The maximum Gasteiger partial charge on any atom is 0.128 e. The van der Waals surface area contributed by atoms with E-state index in [1.165, 1.54) is 6.07 Å². The summed E-state index contributed by atoms with van der Waals surface area (Å²) in [4.78, 5) is 0. The zero-order valence-electron chi connectivity index (χ0n) is 7.66. The van der Waals surface area contributed by atoms with Crippen molar-refractivity contribution in [3.63, 3.8) is 0 Å². The van der Waals surface area contributed by atoms with Crippen LogP contribution in [-0.2, 0) is 5.75 Å². The monoisotopic (exact) mass is 210 g/mol. The van der Waals surface area contributed by atoms with Crippen LogP contribution in [-0.4, -0.2) is 12.3 Å². The minimum absolute atomic E-state index is 0.312. The van der Waals surface area contributed by atoms with E-state index < -0.39 is 0 Å². The lowest BCUT2D eigenvalue weighted by Crippen LogP contribution is -2.01. The van der Waals surface area contributed by atoms with E-state index in [2.05, 4.69) is 0 Å². The minimum Gasteiger partial charge on any atom is -0.330 e. The van der Waals surface area contributed by atoms with Crippen LogP contribution in [0.4, 0.5) is 4.39 Å². The third-order valence-electron chi connectivity index (χ3n) is 1.70. The zero-order chi connectivity index (χ0) is 10.4. The highest BCUT2D eigenvalue weighted by Gasteiger charge is 2.02. The minimum atomic E-state index is -0.312. The Morgan fingerprint density at radius 1 is 1.50 bits per heavy atom. The molecule has 14 heavy (non-hydrogen) atoms. The van der Waals surface area contributed by atoms with Crippen molar-refractivity contribution in [3.8, 4) is 6.07 Å². The molecule has 0 aromatic heterocycles. The van der Waals surface area contributed by atoms with Gasteiger partial charge in [0.1, 0.15) is 5.82 Å². The number of rotatable bonds is 4. The number of nitrogens with two attached hydrogens (primary N) is 1. The summed E-state index contributed by atoms with van der Waals surface area (Å²) in [5.41, 5.74) is 6.30. The lowest BCUT2D eigenvalue weighted by atomic mass is 10.1. The molecule has 0 heterocycles. The maximum absolute atomic E-state index is 13.3. The molecule has 0 aliphatic rings. The molecular formula is C10H11FN2S. The molecule has 0 radical (unpaired) electrons. The van der Waals surface area contributed by atoms with Gasteiger partial charge in [-0.2, -0.15) is 17.0 Å². The van der Waals surface area contributed by atoms with Gasteiger partial charge in [0.2, 0.25) is 0 Å². The number of hydrogen-bond donors (Lipinski definition) is 1. The molecule has 0 fully saturated rings. The van der Waals surface area contributed by atoms with E-state index in [9.17, 15) is 4.39 Å². The van der Waals surface area contributed by atoms with E-state index >= 15 is 0 Å². The molecule has 0 aliphatic heterocycles. The van der Waals surface area contributed by atoms with E-state index in [0.29, 0.717) is 23.4 Å². The first-order chi connectivity index (χ1) is 6.77. The number of halogens is 1. The Morgan fingerprint density at radius 3 is 2.86 bits per heavy atom.